The number of nitrogens with two attached hydrogens (primary N) is 1. The van der Waals surface area contributed by atoms with Crippen LogP contribution in [-0.4, -0.2) is 41.6 Å². The Labute approximate surface area is 78.9 Å². The molecule has 70 valence electrons. The van der Waals surface area contributed by atoms with Gasteiger partial charge in [0.25, 0.3) is 0 Å². The van der Waals surface area contributed by atoms with Crippen molar-refractivity contribution in [1.82, 2.24) is 4.90 Å². The second kappa shape index (κ2) is 3.99. The van der Waals surface area contributed by atoms with E-state index in [2.05, 4.69) is 16.7 Å². The first-order valence-electron chi connectivity index (χ1n) is 4.93. The molecule has 0 spiro atoms. The second-order valence-corrected chi connectivity index (χ2v) is 5.10. The topological polar surface area (TPSA) is 29.3 Å². The first kappa shape index (κ1) is 8.85. The van der Waals surface area contributed by atoms with Crippen molar-refractivity contribution < 1.29 is 0 Å². The number of hydrogen-bond donors (Lipinski definition) is 1. The summed E-state index contributed by atoms with van der Waals surface area (Å²) < 4.78 is 0. The van der Waals surface area contributed by atoms with Gasteiger partial charge in [0.05, 0.1) is 0 Å². The molecule has 1 heterocycles. The molecule has 0 bridgehead atoms. The molecule has 1 saturated heterocycles. The molecule has 2 aliphatic rings. The summed E-state index contributed by atoms with van der Waals surface area (Å²) in [6, 6.07) is 1.31. The highest BCUT2D eigenvalue weighted by molar-refractivity contribution is 7.99. The lowest BCUT2D eigenvalue weighted by Crippen LogP contribution is -2.40. The molecule has 2 nitrogen and oxygen atoms in total. The quantitative estimate of drug-likeness (QED) is 0.660. The third kappa shape index (κ3) is 1.95. The van der Waals surface area contributed by atoms with E-state index in [-0.39, 0.29) is 0 Å². The fourth-order valence-electron chi connectivity index (χ4n) is 2.27. The summed E-state index contributed by atoms with van der Waals surface area (Å²) in [5.41, 5.74) is 5.90. The Kier molecular flexibility index (Phi) is 2.94. The fourth-order valence-corrected chi connectivity index (χ4v) is 3.20. The van der Waals surface area contributed by atoms with Gasteiger partial charge in [0.15, 0.2) is 0 Å². The highest BCUT2D eigenvalue weighted by Gasteiger charge is 2.27. The van der Waals surface area contributed by atoms with Gasteiger partial charge in [-0.1, -0.05) is 0 Å². The normalized spacial score (nSPS) is 38.8. The lowest BCUT2D eigenvalue weighted by Gasteiger charge is -2.31. The summed E-state index contributed by atoms with van der Waals surface area (Å²) in [4.78, 5) is 2.64. The largest absolute Gasteiger partial charge is 0.328 e. The Bertz CT molecular complexity index is 143. The average Bonchev–Trinajstić information content (AvgIpc) is 2.54. The van der Waals surface area contributed by atoms with Crippen LogP contribution in [0.2, 0.25) is 0 Å². The molecule has 1 aliphatic carbocycles. The van der Waals surface area contributed by atoms with Crippen molar-refractivity contribution in [2.45, 2.75) is 31.3 Å². The van der Waals surface area contributed by atoms with E-state index >= 15 is 0 Å². The minimum atomic E-state index is 0.490. The van der Waals surface area contributed by atoms with Crippen LogP contribution in [0, 0.1) is 0 Å². The highest BCUT2D eigenvalue weighted by atomic mass is 32.2. The Hall–Kier alpha value is 0.270. The van der Waals surface area contributed by atoms with Gasteiger partial charge in [-0.25, -0.2) is 0 Å². The molecule has 0 aromatic heterocycles. The molecule has 1 aliphatic heterocycles. The molecule has 0 amide bonds. The Balaban J connectivity index is 1.83. The maximum Gasteiger partial charge on any atom is 0.0111 e. The maximum atomic E-state index is 5.90. The van der Waals surface area contributed by atoms with Gasteiger partial charge in [-0.2, -0.15) is 11.8 Å². The molecule has 0 aromatic rings. The zero-order valence-electron chi connectivity index (χ0n) is 7.54. The zero-order chi connectivity index (χ0) is 8.39. The second-order valence-electron chi connectivity index (χ2n) is 3.88. The standard InChI is InChI=1S/C9H18N2S/c10-8-1-2-9(7-8)11-3-5-12-6-4-11/h8-9H,1-7,10H2. The Morgan fingerprint density at radius 1 is 1.17 bits per heavy atom. The van der Waals surface area contributed by atoms with Crippen molar-refractivity contribution in [1.29, 1.82) is 0 Å². The average molecular weight is 186 g/mol. The van der Waals surface area contributed by atoms with E-state index in [1.165, 1.54) is 43.9 Å². The number of thioether (sulfide) groups is 1. The van der Waals surface area contributed by atoms with Crippen molar-refractivity contribution in [3.05, 3.63) is 0 Å². The van der Waals surface area contributed by atoms with Crippen LogP contribution in [0.4, 0.5) is 0 Å². The summed E-state index contributed by atoms with van der Waals surface area (Å²) in [5, 5.41) is 0. The monoisotopic (exact) mass is 186 g/mol. The molecule has 2 fully saturated rings. The molecule has 2 unspecified atom stereocenters. The molecule has 2 atom stereocenters. The predicted octanol–water partition coefficient (Wildman–Crippen LogP) is 0.915. The predicted molar refractivity (Wildman–Crippen MR) is 54.5 cm³/mol. The van der Waals surface area contributed by atoms with Crippen molar-refractivity contribution in [3.63, 3.8) is 0 Å². The summed E-state index contributed by atoms with van der Waals surface area (Å²) in [6.07, 6.45) is 3.82. The van der Waals surface area contributed by atoms with Gasteiger partial charge in [0.2, 0.25) is 0 Å². The van der Waals surface area contributed by atoms with E-state index < -0.39 is 0 Å². The number of rotatable bonds is 1. The van der Waals surface area contributed by atoms with Crippen molar-refractivity contribution >= 4 is 11.8 Å². The molecule has 0 aromatic carbocycles. The molecule has 3 heteroatoms. The first-order valence-corrected chi connectivity index (χ1v) is 6.09. The van der Waals surface area contributed by atoms with E-state index in [0.717, 1.165) is 6.04 Å². The van der Waals surface area contributed by atoms with Gasteiger partial charge >= 0.3 is 0 Å². The van der Waals surface area contributed by atoms with Crippen LogP contribution in [0.15, 0.2) is 0 Å². The fraction of sp³-hybridized carbons (Fsp3) is 1.00. The van der Waals surface area contributed by atoms with Crippen LogP contribution in [-0.2, 0) is 0 Å². The van der Waals surface area contributed by atoms with Gasteiger partial charge in [0, 0.05) is 36.7 Å². The smallest absolute Gasteiger partial charge is 0.0111 e. The summed E-state index contributed by atoms with van der Waals surface area (Å²) in [6.45, 7) is 2.59. The van der Waals surface area contributed by atoms with Crippen molar-refractivity contribution in [3.8, 4) is 0 Å². The summed E-state index contributed by atoms with van der Waals surface area (Å²) >= 11 is 2.09. The summed E-state index contributed by atoms with van der Waals surface area (Å²) in [5.74, 6) is 2.65. The third-order valence-corrected chi connectivity index (χ3v) is 3.95. The van der Waals surface area contributed by atoms with Crippen molar-refractivity contribution in [2.24, 2.45) is 5.73 Å². The van der Waals surface area contributed by atoms with Gasteiger partial charge in [-0.05, 0) is 19.3 Å². The van der Waals surface area contributed by atoms with E-state index in [0.29, 0.717) is 6.04 Å². The maximum absolute atomic E-state index is 5.90. The first-order chi connectivity index (χ1) is 5.86. The van der Waals surface area contributed by atoms with Crippen molar-refractivity contribution in [2.75, 3.05) is 24.6 Å². The molecule has 1 saturated carbocycles. The van der Waals surface area contributed by atoms with E-state index in [9.17, 15) is 0 Å². The Morgan fingerprint density at radius 3 is 2.50 bits per heavy atom. The minimum Gasteiger partial charge on any atom is -0.328 e. The SMILES string of the molecule is NC1CCC(N2CCSCC2)C1. The Morgan fingerprint density at radius 2 is 1.92 bits per heavy atom. The molecule has 12 heavy (non-hydrogen) atoms. The van der Waals surface area contributed by atoms with Gasteiger partial charge in [-0.15, -0.1) is 0 Å². The zero-order valence-corrected chi connectivity index (χ0v) is 8.35. The van der Waals surface area contributed by atoms with Gasteiger partial charge < -0.3 is 5.73 Å². The highest BCUT2D eigenvalue weighted by Crippen LogP contribution is 2.24. The lowest BCUT2D eigenvalue weighted by atomic mass is 10.2. The van der Waals surface area contributed by atoms with E-state index in [4.69, 9.17) is 5.73 Å². The third-order valence-electron chi connectivity index (χ3n) is 3.01. The number of hydrogen-bond acceptors (Lipinski definition) is 3. The van der Waals surface area contributed by atoms with Crippen LogP contribution >= 0.6 is 11.8 Å². The minimum absolute atomic E-state index is 0.490. The van der Waals surface area contributed by atoms with Gasteiger partial charge in [-0.3, -0.25) is 4.90 Å². The van der Waals surface area contributed by atoms with Crippen LogP contribution in [0.3, 0.4) is 0 Å². The van der Waals surface area contributed by atoms with Crippen LogP contribution in [0.1, 0.15) is 19.3 Å². The van der Waals surface area contributed by atoms with E-state index in [1.54, 1.807) is 0 Å². The molecular weight excluding hydrogens is 168 g/mol. The molecule has 0 radical (unpaired) electrons. The van der Waals surface area contributed by atoms with Gasteiger partial charge in [0.1, 0.15) is 0 Å². The summed E-state index contributed by atoms with van der Waals surface area (Å²) in [7, 11) is 0. The molecular formula is C9H18N2S. The lowest BCUT2D eigenvalue weighted by molar-refractivity contribution is 0.218. The number of nitrogens with zero attached hydrogens (tertiary/aromatic N) is 1. The van der Waals surface area contributed by atoms with Crippen LogP contribution in [0.5, 0.6) is 0 Å². The molecule has 2 rings (SSSR count). The molecule has 2 N–H and O–H groups in total. The van der Waals surface area contributed by atoms with Crippen LogP contribution < -0.4 is 5.73 Å². The van der Waals surface area contributed by atoms with Crippen LogP contribution in [0.25, 0.3) is 0 Å². The van der Waals surface area contributed by atoms with E-state index in [1.807, 2.05) is 0 Å².